The van der Waals surface area contributed by atoms with E-state index in [0.29, 0.717) is 6.61 Å². The number of esters is 1. The van der Waals surface area contributed by atoms with Gasteiger partial charge in [-0.05, 0) is 96.3 Å². The molecule has 0 unspecified atom stereocenters. The van der Waals surface area contributed by atoms with Gasteiger partial charge in [-0.2, -0.15) is 0 Å². The van der Waals surface area contributed by atoms with Gasteiger partial charge < -0.3 is 23.7 Å². The molecule has 1 N–H and O–H groups in total. The topological polar surface area (TPSA) is 65.6 Å². The maximum Gasteiger partial charge on any atom is 0.331 e. The van der Waals surface area contributed by atoms with Crippen LogP contribution in [0.2, 0.25) is 0 Å². The Kier molecular flexibility index (Phi) is 9.80. The minimum Gasteiger partial charge on any atom is -0.464 e. The van der Waals surface area contributed by atoms with Crippen LogP contribution in [-0.2, 0) is 25.3 Å². The highest BCUT2D eigenvalue weighted by Crippen LogP contribution is 2.29. The highest BCUT2D eigenvalue weighted by Gasteiger charge is 2.33. The first kappa shape index (κ1) is 29.5. The van der Waals surface area contributed by atoms with E-state index < -0.39 is 5.54 Å². The SMILES string of the molecule is C1CCOC1.CCOC(=O)C(C)(C)n1c(C)cc2ccccc21.Cc1cc2ccccc2n1C(C)(C)CO. The maximum atomic E-state index is 12.1. The summed E-state index contributed by atoms with van der Waals surface area (Å²) in [5, 5.41) is 11.8. The lowest BCUT2D eigenvalue weighted by Crippen LogP contribution is -2.38. The zero-order chi connectivity index (χ0) is 27.9. The van der Waals surface area contributed by atoms with Crippen LogP contribution in [0.4, 0.5) is 0 Å². The predicted molar refractivity (Wildman–Crippen MR) is 156 cm³/mol. The summed E-state index contributed by atoms with van der Waals surface area (Å²) >= 11 is 0. The molecule has 0 radical (unpaired) electrons. The minimum atomic E-state index is -0.691. The van der Waals surface area contributed by atoms with E-state index in [-0.39, 0.29) is 18.1 Å². The fourth-order valence-electron chi connectivity index (χ4n) is 5.11. The molecule has 0 aliphatic carbocycles. The number of carbonyl (C=O) groups excluding carboxylic acids is 1. The Morgan fingerprint density at radius 1 is 0.868 bits per heavy atom. The summed E-state index contributed by atoms with van der Waals surface area (Å²) in [6.45, 7) is 16.4. The van der Waals surface area contributed by atoms with Crippen molar-refractivity contribution in [3.05, 3.63) is 72.1 Å². The second-order valence-corrected chi connectivity index (χ2v) is 10.9. The molecule has 0 spiro atoms. The summed E-state index contributed by atoms with van der Waals surface area (Å²) in [7, 11) is 0. The molecule has 0 amide bonds. The van der Waals surface area contributed by atoms with E-state index in [2.05, 4.69) is 41.8 Å². The molecule has 2 aromatic heterocycles. The van der Waals surface area contributed by atoms with Crippen molar-refractivity contribution in [2.75, 3.05) is 26.4 Å². The quantitative estimate of drug-likeness (QED) is 0.297. The van der Waals surface area contributed by atoms with Gasteiger partial charge >= 0.3 is 5.97 Å². The van der Waals surface area contributed by atoms with E-state index >= 15 is 0 Å². The van der Waals surface area contributed by atoms with Crippen LogP contribution in [0.3, 0.4) is 0 Å². The minimum absolute atomic E-state index is 0.145. The largest absolute Gasteiger partial charge is 0.464 e. The Morgan fingerprint density at radius 3 is 1.79 bits per heavy atom. The van der Waals surface area contributed by atoms with Gasteiger partial charge in [-0.3, -0.25) is 0 Å². The number of aliphatic hydroxyl groups excluding tert-OH is 1. The molecule has 4 aromatic rings. The number of ether oxygens (including phenoxy) is 2. The molecular weight excluding hydrogens is 476 g/mol. The smallest absolute Gasteiger partial charge is 0.331 e. The molecule has 1 fully saturated rings. The molecule has 0 saturated carbocycles. The first-order valence-electron chi connectivity index (χ1n) is 13.6. The second kappa shape index (κ2) is 12.6. The predicted octanol–water partition coefficient (Wildman–Crippen LogP) is 6.72. The molecule has 6 heteroatoms. The number of aryl methyl sites for hydroxylation is 2. The van der Waals surface area contributed by atoms with Crippen LogP contribution in [0.5, 0.6) is 0 Å². The van der Waals surface area contributed by atoms with Crippen molar-refractivity contribution >= 4 is 27.8 Å². The van der Waals surface area contributed by atoms with Gasteiger partial charge in [-0.15, -0.1) is 0 Å². The van der Waals surface area contributed by atoms with Crippen LogP contribution in [0, 0.1) is 13.8 Å². The number of aromatic nitrogens is 2. The number of fused-ring (bicyclic) bond motifs is 2. The molecule has 1 aliphatic heterocycles. The normalized spacial score (nSPS) is 13.6. The van der Waals surface area contributed by atoms with Gasteiger partial charge in [-0.25, -0.2) is 4.79 Å². The molecule has 5 rings (SSSR count). The lowest BCUT2D eigenvalue weighted by atomic mass is 10.0. The third-order valence-electron chi connectivity index (χ3n) is 6.94. The summed E-state index contributed by atoms with van der Waals surface area (Å²) in [6, 6.07) is 20.6. The van der Waals surface area contributed by atoms with Gasteiger partial charge in [0.05, 0.1) is 18.8 Å². The molecule has 1 aliphatic rings. The number of aliphatic hydroxyl groups is 1. The standard InChI is InChI=1S/C15H19NO2.C13H17NO.C4H8O/c1-5-18-14(17)15(3,4)16-11(2)10-12-8-6-7-9-13(12)16;1-10-8-11-6-4-5-7-12(11)14(10)13(2,3)9-15;1-2-4-5-3-1/h6-10H,5H2,1-4H3;4-8,15H,9H2,1-3H3;1-4H2. The number of hydrogen-bond donors (Lipinski definition) is 1. The van der Waals surface area contributed by atoms with Crippen molar-refractivity contribution in [1.29, 1.82) is 0 Å². The number of rotatable bonds is 5. The van der Waals surface area contributed by atoms with Crippen molar-refractivity contribution in [2.24, 2.45) is 0 Å². The summed E-state index contributed by atoms with van der Waals surface area (Å²) in [5.74, 6) is -0.200. The maximum absolute atomic E-state index is 12.1. The van der Waals surface area contributed by atoms with Crippen LogP contribution in [0.25, 0.3) is 21.8 Å². The fourth-order valence-corrected chi connectivity index (χ4v) is 5.11. The van der Waals surface area contributed by atoms with E-state index in [0.717, 1.165) is 29.8 Å². The van der Waals surface area contributed by atoms with E-state index in [4.69, 9.17) is 9.47 Å². The third kappa shape index (κ3) is 6.48. The van der Waals surface area contributed by atoms with Crippen LogP contribution in [0.1, 0.15) is 58.8 Å². The lowest BCUT2D eigenvalue weighted by Gasteiger charge is -2.27. The molecule has 6 nitrogen and oxygen atoms in total. The number of hydrogen-bond acceptors (Lipinski definition) is 4. The fraction of sp³-hybridized carbons (Fsp3) is 0.469. The Hall–Kier alpha value is -3.09. The summed E-state index contributed by atoms with van der Waals surface area (Å²) < 4.78 is 14.4. The average Bonchev–Trinajstić information content (AvgIpc) is 3.63. The van der Waals surface area contributed by atoms with E-state index in [1.807, 2.05) is 76.4 Å². The van der Waals surface area contributed by atoms with Gasteiger partial charge in [0.1, 0.15) is 5.54 Å². The average molecular weight is 521 g/mol. The Balaban J connectivity index is 0.000000180. The van der Waals surface area contributed by atoms with Gasteiger partial charge in [0.2, 0.25) is 0 Å². The summed E-state index contributed by atoms with van der Waals surface area (Å²) in [5.41, 5.74) is 3.57. The molecule has 3 heterocycles. The number of benzene rings is 2. The molecule has 206 valence electrons. The monoisotopic (exact) mass is 520 g/mol. The molecule has 2 aromatic carbocycles. The highest BCUT2D eigenvalue weighted by atomic mass is 16.5. The van der Waals surface area contributed by atoms with Crippen molar-refractivity contribution in [2.45, 2.75) is 72.4 Å². The first-order chi connectivity index (χ1) is 18.0. The number of carbonyl (C=O) groups is 1. The lowest BCUT2D eigenvalue weighted by molar-refractivity contribution is -0.152. The van der Waals surface area contributed by atoms with E-state index in [1.54, 1.807) is 0 Å². The van der Waals surface area contributed by atoms with E-state index in [9.17, 15) is 9.90 Å². The summed E-state index contributed by atoms with van der Waals surface area (Å²) in [4.78, 5) is 12.1. The van der Waals surface area contributed by atoms with Gasteiger partial charge in [0, 0.05) is 35.6 Å². The van der Waals surface area contributed by atoms with Crippen LogP contribution in [0.15, 0.2) is 60.7 Å². The van der Waals surface area contributed by atoms with Crippen LogP contribution >= 0.6 is 0 Å². The highest BCUT2D eigenvalue weighted by molar-refractivity contribution is 5.86. The van der Waals surface area contributed by atoms with Gasteiger partial charge in [0.25, 0.3) is 0 Å². The van der Waals surface area contributed by atoms with Gasteiger partial charge in [-0.1, -0.05) is 36.4 Å². The number of para-hydroxylation sites is 2. The van der Waals surface area contributed by atoms with Crippen molar-refractivity contribution in [3.8, 4) is 0 Å². The Morgan fingerprint density at radius 2 is 1.34 bits per heavy atom. The van der Waals surface area contributed by atoms with Crippen molar-refractivity contribution < 1.29 is 19.4 Å². The Bertz CT molecular complexity index is 1330. The van der Waals surface area contributed by atoms with Crippen LogP contribution in [-0.4, -0.2) is 46.6 Å². The molecule has 1 saturated heterocycles. The van der Waals surface area contributed by atoms with Crippen molar-refractivity contribution in [1.82, 2.24) is 9.13 Å². The van der Waals surface area contributed by atoms with Gasteiger partial charge in [0.15, 0.2) is 0 Å². The summed E-state index contributed by atoms with van der Waals surface area (Å²) in [6.07, 6.45) is 2.56. The first-order valence-corrected chi connectivity index (χ1v) is 13.6. The molecular formula is C32H44N2O4. The van der Waals surface area contributed by atoms with Crippen LogP contribution < -0.4 is 0 Å². The van der Waals surface area contributed by atoms with E-state index in [1.165, 1.54) is 29.4 Å². The second-order valence-electron chi connectivity index (χ2n) is 10.9. The number of nitrogens with zero attached hydrogens (tertiary/aromatic N) is 2. The van der Waals surface area contributed by atoms with Crippen molar-refractivity contribution in [3.63, 3.8) is 0 Å². The third-order valence-corrected chi connectivity index (χ3v) is 6.94. The zero-order valence-corrected chi connectivity index (χ0v) is 24.1. The Labute approximate surface area is 227 Å². The zero-order valence-electron chi connectivity index (χ0n) is 24.1. The molecule has 0 bridgehead atoms. The molecule has 0 atom stereocenters. The molecule has 38 heavy (non-hydrogen) atoms.